The van der Waals surface area contributed by atoms with Crippen molar-refractivity contribution >= 4 is 11.6 Å². The van der Waals surface area contributed by atoms with Gasteiger partial charge in [0.2, 0.25) is 0 Å². The van der Waals surface area contributed by atoms with Gasteiger partial charge in [0, 0.05) is 52.6 Å². The maximum absolute atomic E-state index is 5.67. The fourth-order valence-electron chi connectivity index (χ4n) is 2.69. The summed E-state index contributed by atoms with van der Waals surface area (Å²) >= 11 is 0. The Bertz CT molecular complexity index is 523. The van der Waals surface area contributed by atoms with Crippen molar-refractivity contribution in [2.75, 3.05) is 51.8 Å². The molecule has 0 aromatic heterocycles. The van der Waals surface area contributed by atoms with Crippen LogP contribution < -0.4 is 15.5 Å². The van der Waals surface area contributed by atoms with Gasteiger partial charge >= 0.3 is 0 Å². The second-order valence-corrected chi connectivity index (χ2v) is 7.22. The Balaban J connectivity index is 1.60. The van der Waals surface area contributed by atoms with Crippen molar-refractivity contribution in [3.05, 3.63) is 29.8 Å². The Morgan fingerprint density at radius 2 is 1.92 bits per heavy atom. The molecule has 1 aromatic rings. The Kier molecular flexibility index (Phi) is 9.32. The van der Waals surface area contributed by atoms with Crippen LogP contribution >= 0.6 is 0 Å². The van der Waals surface area contributed by atoms with E-state index >= 15 is 0 Å². The molecule has 146 valence electrons. The fraction of sp³-hybridized carbons (Fsp3) is 0.667. The quantitative estimate of drug-likeness (QED) is 0.342. The molecule has 0 radical (unpaired) electrons. The summed E-state index contributed by atoms with van der Waals surface area (Å²) in [6.45, 7) is 6.51. The van der Waals surface area contributed by atoms with E-state index in [0.29, 0.717) is 0 Å². The number of guanidine groups is 1. The summed E-state index contributed by atoms with van der Waals surface area (Å²) in [4.78, 5) is 6.80. The molecule has 0 unspecified atom stereocenters. The van der Waals surface area contributed by atoms with E-state index in [1.807, 2.05) is 0 Å². The molecule has 1 aromatic carbocycles. The molecule has 0 saturated heterocycles. The standard InChI is InChI=1S/C21H36N4O/c1-4-22-21(24-15-6-16-26-17-19-8-9-19)23-14-5-7-18-10-12-20(13-11-18)25(2)3/h10-13,19H,4-9,14-17H2,1-3H3,(H2,22,23,24). The Morgan fingerprint density at radius 1 is 1.15 bits per heavy atom. The van der Waals surface area contributed by atoms with Crippen molar-refractivity contribution in [3.8, 4) is 0 Å². The van der Waals surface area contributed by atoms with Crippen molar-refractivity contribution in [3.63, 3.8) is 0 Å². The van der Waals surface area contributed by atoms with Crippen LogP contribution in [0.1, 0.15) is 38.2 Å². The van der Waals surface area contributed by atoms with Gasteiger partial charge in [-0.3, -0.25) is 4.99 Å². The van der Waals surface area contributed by atoms with Crippen LogP contribution in [0.4, 0.5) is 5.69 Å². The van der Waals surface area contributed by atoms with Crippen molar-refractivity contribution in [2.24, 2.45) is 10.9 Å². The minimum absolute atomic E-state index is 0.836. The summed E-state index contributed by atoms with van der Waals surface area (Å²) in [7, 11) is 4.14. The van der Waals surface area contributed by atoms with Gasteiger partial charge in [-0.2, -0.15) is 0 Å². The molecule has 0 atom stereocenters. The molecule has 2 N–H and O–H groups in total. The Morgan fingerprint density at radius 3 is 2.58 bits per heavy atom. The summed E-state index contributed by atoms with van der Waals surface area (Å²) in [5, 5.41) is 6.71. The lowest BCUT2D eigenvalue weighted by Crippen LogP contribution is -2.38. The van der Waals surface area contributed by atoms with Crippen molar-refractivity contribution in [1.29, 1.82) is 0 Å². The largest absolute Gasteiger partial charge is 0.381 e. The van der Waals surface area contributed by atoms with Gasteiger partial charge in [0.05, 0.1) is 0 Å². The topological polar surface area (TPSA) is 48.9 Å². The van der Waals surface area contributed by atoms with Crippen LogP contribution in [-0.2, 0) is 11.2 Å². The third-order valence-corrected chi connectivity index (χ3v) is 4.50. The van der Waals surface area contributed by atoms with Crippen LogP contribution in [0.25, 0.3) is 0 Å². The summed E-state index contributed by atoms with van der Waals surface area (Å²) in [5.41, 5.74) is 2.61. The number of ether oxygens (including phenoxy) is 1. The highest BCUT2D eigenvalue weighted by atomic mass is 16.5. The maximum Gasteiger partial charge on any atom is 0.191 e. The first-order valence-corrected chi connectivity index (χ1v) is 10.0. The smallest absolute Gasteiger partial charge is 0.191 e. The molecule has 5 nitrogen and oxygen atoms in total. The Labute approximate surface area is 159 Å². The van der Waals surface area contributed by atoms with Crippen molar-refractivity contribution in [2.45, 2.75) is 39.0 Å². The molecule has 2 rings (SSSR count). The van der Waals surface area contributed by atoms with Gasteiger partial charge in [0.1, 0.15) is 0 Å². The molecule has 0 bridgehead atoms. The van der Waals surface area contributed by atoms with Crippen LogP contribution in [-0.4, -0.2) is 52.9 Å². The minimum atomic E-state index is 0.836. The van der Waals surface area contributed by atoms with Crippen molar-refractivity contribution in [1.82, 2.24) is 10.6 Å². The fourth-order valence-corrected chi connectivity index (χ4v) is 2.69. The normalized spacial score (nSPS) is 14.3. The van der Waals surface area contributed by atoms with Gasteiger partial charge in [0.25, 0.3) is 0 Å². The number of aryl methyl sites for hydroxylation is 1. The second kappa shape index (κ2) is 11.8. The number of nitrogens with zero attached hydrogens (tertiary/aromatic N) is 2. The highest BCUT2D eigenvalue weighted by Crippen LogP contribution is 2.28. The zero-order valence-corrected chi connectivity index (χ0v) is 16.8. The second-order valence-electron chi connectivity index (χ2n) is 7.22. The van der Waals surface area contributed by atoms with Gasteiger partial charge in [0.15, 0.2) is 5.96 Å². The monoisotopic (exact) mass is 360 g/mol. The van der Waals surface area contributed by atoms with Gasteiger partial charge < -0.3 is 20.3 Å². The highest BCUT2D eigenvalue weighted by molar-refractivity contribution is 5.79. The molecule has 0 aliphatic heterocycles. The average molecular weight is 361 g/mol. The molecule has 0 spiro atoms. The molecular formula is C21H36N4O. The molecular weight excluding hydrogens is 324 g/mol. The van der Waals surface area contributed by atoms with E-state index in [2.05, 4.69) is 65.8 Å². The van der Waals surface area contributed by atoms with E-state index in [0.717, 1.165) is 64.0 Å². The number of benzene rings is 1. The van der Waals surface area contributed by atoms with E-state index < -0.39 is 0 Å². The number of hydrogen-bond acceptors (Lipinski definition) is 3. The first-order chi connectivity index (χ1) is 12.7. The summed E-state index contributed by atoms with van der Waals surface area (Å²) < 4.78 is 5.67. The van der Waals surface area contributed by atoms with Crippen LogP contribution in [0.5, 0.6) is 0 Å². The van der Waals surface area contributed by atoms with Crippen LogP contribution in [0.15, 0.2) is 29.3 Å². The molecule has 1 fully saturated rings. The zero-order chi connectivity index (χ0) is 18.6. The molecule has 1 saturated carbocycles. The van der Waals surface area contributed by atoms with Gasteiger partial charge in [-0.15, -0.1) is 0 Å². The van der Waals surface area contributed by atoms with Crippen LogP contribution in [0, 0.1) is 5.92 Å². The van der Waals surface area contributed by atoms with E-state index in [-0.39, 0.29) is 0 Å². The predicted molar refractivity (Wildman–Crippen MR) is 111 cm³/mol. The first kappa shape index (κ1) is 20.6. The molecule has 1 aliphatic carbocycles. The van der Waals surface area contributed by atoms with E-state index in [1.54, 1.807) is 0 Å². The summed E-state index contributed by atoms with van der Waals surface area (Å²) in [6, 6.07) is 8.78. The summed E-state index contributed by atoms with van der Waals surface area (Å²) in [5.74, 6) is 1.76. The lowest BCUT2D eigenvalue weighted by molar-refractivity contribution is 0.123. The van der Waals surface area contributed by atoms with E-state index in [1.165, 1.54) is 24.1 Å². The molecule has 0 amide bonds. The maximum atomic E-state index is 5.67. The number of aliphatic imine (C=N–C) groups is 1. The zero-order valence-electron chi connectivity index (χ0n) is 16.8. The summed E-state index contributed by atoms with van der Waals surface area (Å²) in [6.07, 6.45) is 5.86. The van der Waals surface area contributed by atoms with E-state index in [4.69, 9.17) is 4.74 Å². The van der Waals surface area contributed by atoms with E-state index in [9.17, 15) is 0 Å². The number of hydrogen-bond donors (Lipinski definition) is 2. The van der Waals surface area contributed by atoms with Gasteiger partial charge in [-0.05, 0) is 62.6 Å². The first-order valence-electron chi connectivity index (χ1n) is 10.0. The lowest BCUT2D eigenvalue weighted by Gasteiger charge is -2.13. The van der Waals surface area contributed by atoms with Gasteiger partial charge in [-0.1, -0.05) is 12.1 Å². The average Bonchev–Trinajstić information content (AvgIpc) is 3.46. The number of rotatable bonds is 12. The SMILES string of the molecule is CCNC(=NCCCc1ccc(N(C)C)cc1)NCCCOCC1CC1. The van der Waals surface area contributed by atoms with Crippen LogP contribution in [0.2, 0.25) is 0 Å². The molecule has 5 heteroatoms. The molecule has 26 heavy (non-hydrogen) atoms. The number of anilines is 1. The third-order valence-electron chi connectivity index (χ3n) is 4.50. The lowest BCUT2D eigenvalue weighted by atomic mass is 10.1. The number of nitrogens with one attached hydrogen (secondary N) is 2. The Hall–Kier alpha value is -1.75. The third kappa shape index (κ3) is 8.56. The molecule has 0 heterocycles. The van der Waals surface area contributed by atoms with Crippen LogP contribution in [0.3, 0.4) is 0 Å². The predicted octanol–water partition coefficient (Wildman–Crippen LogP) is 3.06. The van der Waals surface area contributed by atoms with Crippen molar-refractivity contribution < 1.29 is 4.74 Å². The molecule has 1 aliphatic rings. The minimum Gasteiger partial charge on any atom is -0.381 e. The van der Waals surface area contributed by atoms with Gasteiger partial charge in [-0.25, -0.2) is 0 Å². The highest BCUT2D eigenvalue weighted by Gasteiger charge is 2.20.